The van der Waals surface area contributed by atoms with E-state index in [2.05, 4.69) is 20.5 Å². The molecule has 0 unspecified atom stereocenters. The van der Waals surface area contributed by atoms with E-state index in [1.165, 1.54) is 6.07 Å². The van der Waals surface area contributed by atoms with E-state index >= 15 is 0 Å². The number of rotatable bonds is 3. The molecular formula is C16H12BrFN2S. The van der Waals surface area contributed by atoms with Gasteiger partial charge in [0.2, 0.25) is 0 Å². The minimum Gasteiger partial charge on any atom is -0.389 e. The van der Waals surface area contributed by atoms with Crippen molar-refractivity contribution >= 4 is 44.0 Å². The van der Waals surface area contributed by atoms with Crippen LogP contribution >= 0.6 is 28.1 Å². The predicted molar refractivity (Wildman–Crippen MR) is 91.0 cm³/mol. The number of hydrogen-bond donors (Lipinski definition) is 1. The molecule has 5 heteroatoms. The molecule has 0 radical (unpaired) electrons. The second kappa shape index (κ2) is 5.58. The normalized spacial score (nSPS) is 11.0. The first-order valence-electron chi connectivity index (χ1n) is 6.38. The number of nitrogens with zero attached hydrogens (tertiary/aromatic N) is 1. The van der Waals surface area contributed by atoms with Crippen molar-refractivity contribution in [2.45, 2.75) is 6.54 Å². The zero-order valence-electron chi connectivity index (χ0n) is 11.0. The van der Waals surface area contributed by atoms with Crippen LogP contribution in [0.25, 0.3) is 10.9 Å². The maximum absolute atomic E-state index is 13.6. The molecule has 0 aliphatic carbocycles. The summed E-state index contributed by atoms with van der Waals surface area (Å²) in [5.41, 5.74) is 8.45. The van der Waals surface area contributed by atoms with Crippen LogP contribution in [-0.4, -0.2) is 9.56 Å². The Morgan fingerprint density at radius 2 is 2.05 bits per heavy atom. The summed E-state index contributed by atoms with van der Waals surface area (Å²) in [7, 11) is 0. The number of aromatic nitrogens is 1. The Kier molecular flexibility index (Phi) is 3.78. The average Bonchev–Trinajstić information content (AvgIpc) is 2.86. The van der Waals surface area contributed by atoms with Gasteiger partial charge >= 0.3 is 0 Å². The lowest BCUT2D eigenvalue weighted by atomic mass is 10.1. The van der Waals surface area contributed by atoms with Crippen LogP contribution < -0.4 is 5.73 Å². The highest BCUT2D eigenvalue weighted by molar-refractivity contribution is 9.10. The quantitative estimate of drug-likeness (QED) is 0.707. The van der Waals surface area contributed by atoms with Crippen LogP contribution in [0.2, 0.25) is 0 Å². The smallest absolute Gasteiger partial charge is 0.137 e. The van der Waals surface area contributed by atoms with Crippen LogP contribution in [0.4, 0.5) is 4.39 Å². The molecule has 1 aromatic heterocycles. The number of fused-ring (bicyclic) bond motifs is 1. The van der Waals surface area contributed by atoms with E-state index in [-0.39, 0.29) is 5.82 Å². The fourth-order valence-corrected chi connectivity index (χ4v) is 2.86. The third-order valence-electron chi connectivity index (χ3n) is 3.43. The fourth-order valence-electron chi connectivity index (χ4n) is 2.35. The molecule has 1 heterocycles. The summed E-state index contributed by atoms with van der Waals surface area (Å²) in [6.07, 6.45) is 1.98. The van der Waals surface area contributed by atoms with Gasteiger partial charge in [0, 0.05) is 29.2 Å². The van der Waals surface area contributed by atoms with Gasteiger partial charge in [-0.05, 0) is 51.8 Å². The Morgan fingerprint density at radius 3 is 2.81 bits per heavy atom. The molecule has 21 heavy (non-hydrogen) atoms. The molecular weight excluding hydrogens is 351 g/mol. The lowest BCUT2D eigenvalue weighted by molar-refractivity contribution is 0.616. The molecule has 0 spiro atoms. The van der Waals surface area contributed by atoms with E-state index in [4.69, 9.17) is 18.0 Å². The molecule has 3 rings (SSSR count). The lowest BCUT2D eigenvalue weighted by Crippen LogP contribution is -2.08. The van der Waals surface area contributed by atoms with Crippen LogP contribution in [0.15, 0.2) is 53.1 Å². The Balaban J connectivity index is 2.02. The molecule has 0 atom stereocenters. The summed E-state index contributed by atoms with van der Waals surface area (Å²) < 4.78 is 16.2. The number of halogens is 2. The number of hydrogen-bond acceptors (Lipinski definition) is 1. The van der Waals surface area contributed by atoms with Gasteiger partial charge in [0.1, 0.15) is 10.8 Å². The first-order chi connectivity index (χ1) is 10.1. The molecule has 0 fully saturated rings. The molecule has 2 nitrogen and oxygen atoms in total. The van der Waals surface area contributed by atoms with Crippen molar-refractivity contribution in [1.82, 2.24) is 4.57 Å². The van der Waals surface area contributed by atoms with Gasteiger partial charge in [-0.25, -0.2) is 4.39 Å². The molecule has 0 bridgehead atoms. The Morgan fingerprint density at radius 1 is 1.24 bits per heavy atom. The van der Waals surface area contributed by atoms with Crippen molar-refractivity contribution in [2.24, 2.45) is 5.73 Å². The van der Waals surface area contributed by atoms with Crippen molar-refractivity contribution in [2.75, 3.05) is 0 Å². The van der Waals surface area contributed by atoms with Gasteiger partial charge in [-0.2, -0.15) is 0 Å². The fraction of sp³-hybridized carbons (Fsp3) is 0.0625. The minimum absolute atomic E-state index is 0.250. The van der Waals surface area contributed by atoms with Gasteiger partial charge < -0.3 is 10.3 Å². The Hall–Kier alpha value is -1.72. The van der Waals surface area contributed by atoms with Crippen LogP contribution in [0, 0.1) is 5.82 Å². The molecule has 106 valence electrons. The standard InChI is InChI=1S/C16H12BrFN2S/c17-15-12(2-1-3-13(15)18)9-20-7-6-10-8-11(16(19)21)4-5-14(10)20/h1-8H,9H2,(H2,19,21). The van der Waals surface area contributed by atoms with Gasteiger partial charge in [0.15, 0.2) is 0 Å². The van der Waals surface area contributed by atoms with Gasteiger partial charge in [-0.3, -0.25) is 0 Å². The van der Waals surface area contributed by atoms with E-state index in [1.54, 1.807) is 6.07 Å². The summed E-state index contributed by atoms with van der Waals surface area (Å²) >= 11 is 8.29. The maximum Gasteiger partial charge on any atom is 0.137 e. The summed E-state index contributed by atoms with van der Waals surface area (Å²) in [5, 5.41) is 1.06. The molecule has 2 N–H and O–H groups in total. The van der Waals surface area contributed by atoms with Crippen molar-refractivity contribution in [3.8, 4) is 0 Å². The minimum atomic E-state index is -0.250. The monoisotopic (exact) mass is 362 g/mol. The molecule has 0 aliphatic heterocycles. The van der Waals surface area contributed by atoms with Gasteiger partial charge in [0.25, 0.3) is 0 Å². The zero-order chi connectivity index (χ0) is 15.0. The highest BCUT2D eigenvalue weighted by Crippen LogP contribution is 2.24. The average molecular weight is 363 g/mol. The van der Waals surface area contributed by atoms with Crippen LogP contribution in [0.5, 0.6) is 0 Å². The van der Waals surface area contributed by atoms with Gasteiger partial charge in [0.05, 0.1) is 4.47 Å². The number of benzene rings is 2. The van der Waals surface area contributed by atoms with E-state index in [9.17, 15) is 4.39 Å². The van der Waals surface area contributed by atoms with E-state index in [0.717, 1.165) is 22.0 Å². The van der Waals surface area contributed by atoms with Crippen LogP contribution in [0.3, 0.4) is 0 Å². The highest BCUT2D eigenvalue weighted by Gasteiger charge is 2.08. The number of nitrogens with two attached hydrogens (primary N) is 1. The van der Waals surface area contributed by atoms with Crippen molar-refractivity contribution in [3.05, 3.63) is 70.1 Å². The number of thiocarbonyl (C=S) groups is 1. The Bertz CT molecular complexity index is 841. The lowest BCUT2D eigenvalue weighted by Gasteiger charge is -2.09. The zero-order valence-corrected chi connectivity index (χ0v) is 13.4. The predicted octanol–water partition coefficient (Wildman–Crippen LogP) is 4.23. The van der Waals surface area contributed by atoms with Gasteiger partial charge in [-0.1, -0.05) is 24.4 Å². The summed E-state index contributed by atoms with van der Waals surface area (Å²) in [6, 6.07) is 12.9. The van der Waals surface area contributed by atoms with Crippen molar-refractivity contribution in [1.29, 1.82) is 0 Å². The topological polar surface area (TPSA) is 30.9 Å². The van der Waals surface area contributed by atoms with Crippen LogP contribution in [-0.2, 0) is 6.54 Å². The molecule has 0 saturated carbocycles. The summed E-state index contributed by atoms with van der Waals surface area (Å²) in [6.45, 7) is 0.592. The maximum atomic E-state index is 13.6. The third-order valence-corrected chi connectivity index (χ3v) is 4.55. The third kappa shape index (κ3) is 2.71. The molecule has 0 aliphatic rings. The molecule has 2 aromatic carbocycles. The molecule has 0 saturated heterocycles. The molecule has 3 aromatic rings. The summed E-state index contributed by atoms with van der Waals surface area (Å²) in [5.74, 6) is -0.250. The van der Waals surface area contributed by atoms with Gasteiger partial charge in [-0.15, -0.1) is 0 Å². The molecule has 0 amide bonds. The first kappa shape index (κ1) is 14.2. The second-order valence-electron chi connectivity index (χ2n) is 4.79. The Labute approximate surface area is 135 Å². The van der Waals surface area contributed by atoms with E-state index < -0.39 is 0 Å². The first-order valence-corrected chi connectivity index (χ1v) is 7.58. The van der Waals surface area contributed by atoms with E-state index in [0.29, 0.717) is 16.0 Å². The summed E-state index contributed by atoms with van der Waals surface area (Å²) in [4.78, 5) is 0.387. The van der Waals surface area contributed by atoms with Crippen molar-refractivity contribution in [3.63, 3.8) is 0 Å². The second-order valence-corrected chi connectivity index (χ2v) is 6.03. The largest absolute Gasteiger partial charge is 0.389 e. The van der Waals surface area contributed by atoms with Crippen LogP contribution in [0.1, 0.15) is 11.1 Å². The highest BCUT2D eigenvalue weighted by atomic mass is 79.9. The van der Waals surface area contributed by atoms with Crippen molar-refractivity contribution < 1.29 is 4.39 Å². The van der Waals surface area contributed by atoms with E-state index in [1.807, 2.05) is 36.5 Å². The SMILES string of the molecule is NC(=S)c1ccc2c(ccn2Cc2cccc(F)c2Br)c1.